The summed E-state index contributed by atoms with van der Waals surface area (Å²) in [5.74, 6) is -2.30. The summed E-state index contributed by atoms with van der Waals surface area (Å²) in [4.78, 5) is 38.3. The maximum atomic E-state index is 13.3. The number of fused-ring (bicyclic) bond motifs is 1. The predicted octanol–water partition coefficient (Wildman–Crippen LogP) is 3.73. The van der Waals surface area contributed by atoms with E-state index in [2.05, 4.69) is 0 Å². The fourth-order valence-corrected chi connectivity index (χ4v) is 4.46. The van der Waals surface area contributed by atoms with E-state index >= 15 is 0 Å². The molecule has 2 aliphatic rings. The number of benzene rings is 3. The lowest BCUT2D eigenvalue weighted by molar-refractivity contribution is -0.385. The number of anilines is 1. The van der Waals surface area contributed by atoms with Crippen LogP contribution in [0.3, 0.4) is 0 Å². The highest BCUT2D eigenvalue weighted by atomic mass is 16.6. The van der Waals surface area contributed by atoms with Crippen LogP contribution in [0.1, 0.15) is 28.3 Å². The topological polar surface area (TPSA) is 154 Å². The highest BCUT2D eigenvalue weighted by molar-refractivity contribution is 6.51. The average molecular weight is 483 g/mol. The number of carbonyl (C=O) groups is 2. The Morgan fingerprint density at radius 2 is 1.86 bits per heavy atom. The lowest BCUT2D eigenvalue weighted by Gasteiger charge is -2.25. The van der Waals surface area contributed by atoms with Gasteiger partial charge in [0.1, 0.15) is 11.5 Å². The SMILES string of the molecule is N#Cc1ccc(N2C(=O)C(=O)/C(=C(/O)c3ccc4c(c3)CCO4)C2c2ccc(O)c([N+](=O)[O-])c2)cc1. The van der Waals surface area contributed by atoms with E-state index in [1.807, 2.05) is 6.07 Å². The molecule has 2 N–H and O–H groups in total. The van der Waals surface area contributed by atoms with Crippen LogP contribution in [0, 0.1) is 21.4 Å². The molecule has 0 bridgehead atoms. The number of Topliss-reactive ketones (excluding diaryl/α,β-unsaturated/α-hetero) is 1. The molecule has 1 atom stereocenters. The molecule has 3 aromatic carbocycles. The number of ketones is 1. The predicted molar refractivity (Wildman–Crippen MR) is 126 cm³/mol. The third-order valence-electron chi connectivity index (χ3n) is 6.19. The second kappa shape index (κ2) is 8.56. The number of aliphatic hydroxyl groups is 1. The minimum atomic E-state index is -1.23. The molecule has 5 rings (SSSR count). The molecule has 2 heterocycles. The van der Waals surface area contributed by atoms with Crippen LogP contribution in [-0.4, -0.2) is 33.4 Å². The molecule has 10 nitrogen and oxygen atoms in total. The zero-order valence-corrected chi connectivity index (χ0v) is 18.5. The van der Waals surface area contributed by atoms with E-state index in [0.29, 0.717) is 24.3 Å². The Balaban J connectivity index is 1.73. The van der Waals surface area contributed by atoms with Crippen LogP contribution in [0.2, 0.25) is 0 Å². The summed E-state index contributed by atoms with van der Waals surface area (Å²) in [7, 11) is 0. The van der Waals surface area contributed by atoms with Crippen LogP contribution < -0.4 is 9.64 Å². The number of aromatic hydroxyl groups is 1. The van der Waals surface area contributed by atoms with Gasteiger partial charge in [-0.3, -0.25) is 24.6 Å². The van der Waals surface area contributed by atoms with Crippen molar-refractivity contribution in [2.45, 2.75) is 12.5 Å². The second-order valence-corrected chi connectivity index (χ2v) is 8.25. The Bertz CT molecular complexity index is 1520. The van der Waals surface area contributed by atoms with Gasteiger partial charge < -0.3 is 14.9 Å². The number of hydrogen-bond donors (Lipinski definition) is 2. The number of hydrogen-bond acceptors (Lipinski definition) is 8. The first-order valence-electron chi connectivity index (χ1n) is 10.8. The standard InChI is InChI=1S/C26H17N3O7/c27-13-14-1-5-18(6-2-14)28-23(16-3-7-20(30)19(12-16)29(34)35)22(25(32)26(28)33)24(31)17-4-8-21-15(11-17)9-10-36-21/h1-8,11-12,23,30-31H,9-10H2/b24-22+. The summed E-state index contributed by atoms with van der Waals surface area (Å²) >= 11 is 0. The van der Waals surface area contributed by atoms with E-state index in [4.69, 9.17) is 10.00 Å². The molecule has 0 aliphatic carbocycles. The van der Waals surface area contributed by atoms with Crippen LogP contribution in [0.25, 0.3) is 5.76 Å². The van der Waals surface area contributed by atoms with Crippen LogP contribution in [0.15, 0.2) is 66.2 Å². The van der Waals surface area contributed by atoms with Crippen LogP contribution in [0.4, 0.5) is 11.4 Å². The number of carbonyl (C=O) groups excluding carboxylic acids is 2. The number of phenolic OH excluding ortho intramolecular Hbond substituents is 1. The summed E-state index contributed by atoms with van der Waals surface area (Å²) < 4.78 is 5.49. The molecule has 36 heavy (non-hydrogen) atoms. The van der Waals surface area contributed by atoms with Crippen molar-refractivity contribution in [1.29, 1.82) is 5.26 Å². The summed E-state index contributed by atoms with van der Waals surface area (Å²) in [6, 6.07) is 15.0. The number of nitrogens with zero attached hydrogens (tertiary/aromatic N) is 3. The Labute approximate surface area is 204 Å². The first-order valence-corrected chi connectivity index (χ1v) is 10.8. The number of ether oxygens (including phenoxy) is 1. The molecular formula is C26H17N3O7. The summed E-state index contributed by atoms with van der Waals surface area (Å²) in [5, 5.41) is 41.8. The first-order chi connectivity index (χ1) is 17.3. The fourth-order valence-electron chi connectivity index (χ4n) is 4.46. The molecule has 1 saturated heterocycles. The number of aliphatic hydroxyl groups excluding tert-OH is 1. The number of amides is 1. The highest BCUT2D eigenvalue weighted by Gasteiger charge is 2.47. The Morgan fingerprint density at radius 3 is 2.56 bits per heavy atom. The zero-order valence-electron chi connectivity index (χ0n) is 18.5. The van der Waals surface area contributed by atoms with Gasteiger partial charge in [-0.1, -0.05) is 6.07 Å². The van der Waals surface area contributed by atoms with Crippen molar-refractivity contribution in [3.05, 3.63) is 98.6 Å². The normalized spacial score (nSPS) is 18.0. The molecule has 0 saturated carbocycles. The van der Waals surface area contributed by atoms with Crippen molar-refractivity contribution < 1.29 is 29.5 Å². The van der Waals surface area contributed by atoms with Gasteiger partial charge in [-0.25, -0.2) is 0 Å². The van der Waals surface area contributed by atoms with Gasteiger partial charge in [0.25, 0.3) is 11.7 Å². The molecule has 1 amide bonds. The Kier molecular flexibility index (Phi) is 5.37. The number of rotatable bonds is 4. The second-order valence-electron chi connectivity index (χ2n) is 8.25. The molecule has 2 aliphatic heterocycles. The van der Waals surface area contributed by atoms with E-state index in [1.54, 1.807) is 18.2 Å². The van der Waals surface area contributed by atoms with E-state index in [1.165, 1.54) is 30.3 Å². The largest absolute Gasteiger partial charge is 0.507 e. The van der Waals surface area contributed by atoms with Crippen molar-refractivity contribution in [3.63, 3.8) is 0 Å². The van der Waals surface area contributed by atoms with Gasteiger partial charge in [0.15, 0.2) is 5.75 Å². The van der Waals surface area contributed by atoms with Crippen LogP contribution in [0.5, 0.6) is 11.5 Å². The van der Waals surface area contributed by atoms with Crippen molar-refractivity contribution in [3.8, 4) is 17.6 Å². The number of nitriles is 1. The van der Waals surface area contributed by atoms with Crippen LogP contribution in [-0.2, 0) is 16.0 Å². The number of nitro groups is 1. The third-order valence-corrected chi connectivity index (χ3v) is 6.19. The van der Waals surface area contributed by atoms with Crippen molar-refractivity contribution in [1.82, 2.24) is 0 Å². The van der Waals surface area contributed by atoms with Gasteiger partial charge in [-0.15, -0.1) is 0 Å². The molecule has 1 fully saturated rings. The third kappa shape index (κ3) is 3.59. The molecular weight excluding hydrogens is 466 g/mol. The van der Waals surface area contributed by atoms with E-state index in [-0.39, 0.29) is 22.4 Å². The van der Waals surface area contributed by atoms with Crippen LogP contribution >= 0.6 is 0 Å². The zero-order chi connectivity index (χ0) is 25.6. The molecule has 0 radical (unpaired) electrons. The van der Waals surface area contributed by atoms with Gasteiger partial charge in [0.2, 0.25) is 0 Å². The molecule has 1 unspecified atom stereocenters. The fraction of sp³-hybridized carbons (Fsp3) is 0.115. The lowest BCUT2D eigenvalue weighted by Crippen LogP contribution is -2.29. The van der Waals surface area contributed by atoms with Gasteiger partial charge in [0, 0.05) is 23.7 Å². The summed E-state index contributed by atoms with van der Waals surface area (Å²) in [6.07, 6.45) is 0.615. The molecule has 3 aromatic rings. The van der Waals surface area contributed by atoms with E-state index in [0.717, 1.165) is 22.6 Å². The van der Waals surface area contributed by atoms with Gasteiger partial charge in [-0.05, 0) is 59.7 Å². The quantitative estimate of drug-likeness (QED) is 0.187. The summed E-state index contributed by atoms with van der Waals surface area (Å²) in [5.41, 5.74) is 0.947. The lowest BCUT2D eigenvalue weighted by atomic mass is 9.94. The van der Waals surface area contributed by atoms with E-state index in [9.17, 15) is 29.9 Å². The molecule has 0 spiro atoms. The minimum Gasteiger partial charge on any atom is -0.507 e. The number of phenols is 1. The number of nitro benzene ring substituents is 1. The summed E-state index contributed by atoms with van der Waals surface area (Å²) in [6.45, 7) is 0.486. The van der Waals surface area contributed by atoms with E-state index < -0.39 is 39.9 Å². The average Bonchev–Trinajstić information content (AvgIpc) is 3.46. The molecule has 10 heteroatoms. The molecule has 0 aromatic heterocycles. The highest BCUT2D eigenvalue weighted by Crippen LogP contribution is 2.44. The van der Waals surface area contributed by atoms with Gasteiger partial charge in [0.05, 0.1) is 34.8 Å². The van der Waals surface area contributed by atoms with Gasteiger partial charge >= 0.3 is 5.69 Å². The maximum Gasteiger partial charge on any atom is 0.311 e. The van der Waals surface area contributed by atoms with Gasteiger partial charge in [-0.2, -0.15) is 5.26 Å². The van der Waals surface area contributed by atoms with Crippen molar-refractivity contribution in [2.24, 2.45) is 0 Å². The first kappa shape index (κ1) is 22.6. The van der Waals surface area contributed by atoms with Crippen molar-refractivity contribution in [2.75, 3.05) is 11.5 Å². The molecule has 178 valence electrons. The minimum absolute atomic E-state index is 0.133. The maximum absolute atomic E-state index is 13.3. The van der Waals surface area contributed by atoms with Crippen molar-refractivity contribution >= 4 is 28.8 Å². The monoisotopic (exact) mass is 483 g/mol. The Morgan fingerprint density at radius 1 is 1.11 bits per heavy atom. The smallest absolute Gasteiger partial charge is 0.311 e. The Hall–Kier alpha value is -5.17.